The van der Waals surface area contributed by atoms with E-state index in [0.717, 1.165) is 44.2 Å². The minimum absolute atomic E-state index is 0.0338. The largest absolute Gasteiger partial charge is 0.466 e. The molecule has 0 fully saturated rings. The molecule has 0 saturated carbocycles. The summed E-state index contributed by atoms with van der Waals surface area (Å²) in [6.45, 7) is 14.0. The van der Waals surface area contributed by atoms with Crippen molar-refractivity contribution in [3.63, 3.8) is 0 Å². The maximum Gasteiger partial charge on any atom is 0.308 e. The van der Waals surface area contributed by atoms with Crippen molar-refractivity contribution in [1.82, 2.24) is 25.8 Å². The van der Waals surface area contributed by atoms with E-state index in [1.54, 1.807) is 31.2 Å². The Morgan fingerprint density at radius 3 is 2.22 bits per heavy atom. The highest BCUT2D eigenvalue weighted by Crippen LogP contribution is 2.31. The Kier molecular flexibility index (Phi) is 21.1. The summed E-state index contributed by atoms with van der Waals surface area (Å²) in [6, 6.07) is 8.29. The first-order chi connectivity index (χ1) is 25.7. The molecule has 6 atom stereocenters. The Bertz CT molecular complexity index is 1450. The van der Waals surface area contributed by atoms with Gasteiger partial charge in [-0.1, -0.05) is 84.2 Å². The molecule has 12 nitrogen and oxygen atoms in total. The molecule has 0 aliphatic heterocycles. The lowest BCUT2D eigenvalue weighted by Crippen LogP contribution is -2.52. The lowest BCUT2D eigenvalue weighted by Gasteiger charge is -2.36. The Labute approximate surface area is 326 Å². The molecule has 0 aliphatic rings. The van der Waals surface area contributed by atoms with Crippen LogP contribution >= 0.6 is 11.3 Å². The molecule has 0 spiro atoms. The van der Waals surface area contributed by atoms with Crippen LogP contribution in [0.1, 0.15) is 127 Å². The maximum atomic E-state index is 14.1. The van der Waals surface area contributed by atoms with Crippen molar-refractivity contribution in [2.45, 2.75) is 130 Å². The van der Waals surface area contributed by atoms with Gasteiger partial charge in [-0.3, -0.25) is 24.0 Å². The van der Waals surface area contributed by atoms with Crippen LogP contribution in [-0.4, -0.2) is 84.9 Å². The van der Waals surface area contributed by atoms with Gasteiger partial charge in [-0.05, 0) is 64.1 Å². The molecule has 0 saturated heterocycles. The molecular weight excluding hydrogens is 707 g/mol. The van der Waals surface area contributed by atoms with Gasteiger partial charge in [0.25, 0.3) is 5.91 Å². The lowest BCUT2D eigenvalue weighted by atomic mass is 9.95. The second-order valence-corrected chi connectivity index (χ2v) is 15.5. The Hall–Kier alpha value is -3.84. The van der Waals surface area contributed by atoms with Crippen LogP contribution in [0.15, 0.2) is 35.7 Å². The second-order valence-electron chi connectivity index (χ2n) is 14.6. The fourth-order valence-corrected chi connectivity index (χ4v) is 7.31. The van der Waals surface area contributed by atoms with Crippen LogP contribution < -0.4 is 16.0 Å². The molecule has 13 heteroatoms. The van der Waals surface area contributed by atoms with Crippen molar-refractivity contribution < 1.29 is 33.4 Å². The van der Waals surface area contributed by atoms with Crippen molar-refractivity contribution in [2.75, 3.05) is 27.2 Å². The van der Waals surface area contributed by atoms with Crippen molar-refractivity contribution in [1.29, 1.82) is 0 Å². The quantitative estimate of drug-likeness (QED) is 0.0785. The predicted molar refractivity (Wildman–Crippen MR) is 213 cm³/mol. The first kappa shape index (κ1) is 46.3. The molecule has 0 radical (unpaired) electrons. The van der Waals surface area contributed by atoms with Crippen LogP contribution in [0.5, 0.6) is 0 Å². The average molecular weight is 772 g/mol. The minimum Gasteiger partial charge on any atom is -0.466 e. The summed E-state index contributed by atoms with van der Waals surface area (Å²) in [5.41, 5.74) is 1.18. The summed E-state index contributed by atoms with van der Waals surface area (Å²) in [4.78, 5) is 72.0. The molecule has 1 aromatic carbocycles. The van der Waals surface area contributed by atoms with E-state index >= 15 is 0 Å². The third-order valence-electron chi connectivity index (χ3n) is 9.62. The van der Waals surface area contributed by atoms with Gasteiger partial charge < -0.3 is 30.3 Å². The highest BCUT2D eigenvalue weighted by molar-refractivity contribution is 7.09. The molecule has 3 N–H and O–H groups in total. The van der Waals surface area contributed by atoms with Gasteiger partial charge in [0.15, 0.2) is 6.10 Å². The van der Waals surface area contributed by atoms with Gasteiger partial charge in [0.2, 0.25) is 11.8 Å². The van der Waals surface area contributed by atoms with Crippen LogP contribution in [0, 0.1) is 17.8 Å². The number of likely N-dealkylation sites (N-methyl/N-ethyl adjacent to an activating group) is 1. The number of thiazole rings is 1. The number of hydrogen-bond donors (Lipinski definition) is 3. The van der Waals surface area contributed by atoms with Crippen LogP contribution in [0.25, 0.3) is 0 Å². The molecule has 2 aromatic rings. The van der Waals surface area contributed by atoms with Crippen LogP contribution in [-0.2, 0) is 35.1 Å². The number of rotatable bonds is 25. The second kappa shape index (κ2) is 24.5. The minimum atomic E-state index is -0.818. The van der Waals surface area contributed by atoms with Crippen LogP contribution in [0.3, 0.4) is 0 Å². The van der Waals surface area contributed by atoms with E-state index in [1.165, 1.54) is 18.3 Å². The predicted octanol–water partition coefficient (Wildman–Crippen LogP) is 6.25. The number of amides is 3. The standard InChI is InChI=1S/C41H65N5O7S/c1-10-12-21-33(44-37(48)28(5)18-16-17-22-42-8)40(50)46(9)35(27(3)4)25-36(53-30(7)47)39-45-34(26-54-39)38(49)43-32(23-29(6)41(51)52-11-2)24-31-19-14-13-15-20-31/h13-15,19-20,26-29,32-33,35-36,42H,10-12,16-18,21-25H2,1-9H3,(H,43,49)(H,44,48)/t28-,29+,32-,33+,35-,36-/m1/s1. The van der Waals surface area contributed by atoms with Gasteiger partial charge in [-0.2, -0.15) is 0 Å². The normalized spacial score (nSPS) is 14.6. The number of nitrogens with zero attached hydrogens (tertiary/aromatic N) is 2. The summed E-state index contributed by atoms with van der Waals surface area (Å²) in [6.07, 6.45) is 5.12. The fourth-order valence-electron chi connectivity index (χ4n) is 6.47. The van der Waals surface area contributed by atoms with E-state index in [2.05, 4.69) is 20.9 Å². The fraction of sp³-hybridized carbons (Fsp3) is 0.659. The Morgan fingerprint density at radius 1 is 0.907 bits per heavy atom. The van der Waals surface area contributed by atoms with Crippen LogP contribution in [0.2, 0.25) is 0 Å². The van der Waals surface area contributed by atoms with E-state index < -0.39 is 29.9 Å². The zero-order valence-electron chi connectivity index (χ0n) is 33.9. The SMILES string of the molecule is CCCC[C@H](NC(=O)[C@H](C)CCCCNC)C(=O)N(C)[C@H](C[C@@H](OC(C)=O)c1nc(C(=O)N[C@@H](Cc2ccccc2)C[C@H](C)C(=O)OCC)cs1)C(C)C. The highest BCUT2D eigenvalue weighted by atomic mass is 32.1. The van der Waals surface area contributed by atoms with Gasteiger partial charge in [0.1, 0.15) is 16.7 Å². The number of carbonyl (C=O) groups is 5. The van der Waals surface area contributed by atoms with Crippen molar-refractivity contribution in [3.05, 3.63) is 52.0 Å². The molecule has 0 unspecified atom stereocenters. The monoisotopic (exact) mass is 771 g/mol. The zero-order chi connectivity index (χ0) is 40.2. The zero-order valence-corrected chi connectivity index (χ0v) is 34.8. The first-order valence-corrected chi connectivity index (χ1v) is 20.5. The summed E-state index contributed by atoms with van der Waals surface area (Å²) in [5, 5.41) is 11.3. The molecule has 3 amide bonds. The van der Waals surface area contributed by atoms with Gasteiger partial charge in [-0.15, -0.1) is 11.3 Å². The molecule has 54 heavy (non-hydrogen) atoms. The number of carbonyl (C=O) groups excluding carboxylic acids is 5. The van der Waals surface area contributed by atoms with Gasteiger partial charge in [-0.25, -0.2) is 4.98 Å². The topological polar surface area (TPSA) is 156 Å². The van der Waals surface area contributed by atoms with E-state index in [0.29, 0.717) is 24.3 Å². The molecule has 1 heterocycles. The number of hydrogen-bond acceptors (Lipinski definition) is 10. The van der Waals surface area contributed by atoms with Gasteiger partial charge in [0, 0.05) is 43.8 Å². The van der Waals surface area contributed by atoms with E-state index in [-0.39, 0.29) is 60.4 Å². The van der Waals surface area contributed by atoms with Crippen LogP contribution in [0.4, 0.5) is 0 Å². The first-order valence-electron chi connectivity index (χ1n) is 19.6. The Morgan fingerprint density at radius 2 is 1.61 bits per heavy atom. The molecule has 1 aromatic heterocycles. The number of esters is 2. The number of nitrogens with one attached hydrogen (secondary N) is 3. The molecule has 0 bridgehead atoms. The average Bonchev–Trinajstić information content (AvgIpc) is 3.63. The summed E-state index contributed by atoms with van der Waals surface area (Å²) < 4.78 is 11.0. The van der Waals surface area contributed by atoms with E-state index in [1.807, 2.05) is 65.1 Å². The van der Waals surface area contributed by atoms with Crippen molar-refractivity contribution in [2.24, 2.45) is 17.8 Å². The van der Waals surface area contributed by atoms with E-state index in [4.69, 9.17) is 9.47 Å². The van der Waals surface area contributed by atoms with Crippen molar-refractivity contribution in [3.8, 4) is 0 Å². The number of aromatic nitrogens is 1. The number of ether oxygens (including phenoxy) is 2. The number of benzene rings is 1. The molecule has 0 aliphatic carbocycles. The summed E-state index contributed by atoms with van der Waals surface area (Å²) in [7, 11) is 3.64. The Balaban J connectivity index is 2.27. The third-order valence-corrected chi connectivity index (χ3v) is 10.6. The molecule has 302 valence electrons. The molecule has 2 rings (SSSR count). The van der Waals surface area contributed by atoms with Gasteiger partial charge in [0.05, 0.1) is 12.5 Å². The summed E-state index contributed by atoms with van der Waals surface area (Å²) in [5.74, 6) is -2.25. The maximum absolute atomic E-state index is 14.1. The third kappa shape index (κ3) is 15.9. The smallest absolute Gasteiger partial charge is 0.308 e. The molecular formula is C41H65N5O7S. The van der Waals surface area contributed by atoms with Gasteiger partial charge >= 0.3 is 11.9 Å². The van der Waals surface area contributed by atoms with E-state index in [9.17, 15) is 24.0 Å². The number of unbranched alkanes of at least 4 members (excludes halogenated alkanes) is 2. The highest BCUT2D eigenvalue weighted by Gasteiger charge is 2.34. The summed E-state index contributed by atoms with van der Waals surface area (Å²) >= 11 is 1.21. The lowest BCUT2D eigenvalue weighted by molar-refractivity contribution is -0.149. The van der Waals surface area contributed by atoms with Crippen molar-refractivity contribution >= 4 is 41.0 Å².